The maximum atomic E-state index is 12.0. The molecule has 0 atom stereocenters. The average Bonchev–Trinajstić information content (AvgIpc) is 2.94. The molecular weight excluding hydrogens is 332 g/mol. The summed E-state index contributed by atoms with van der Waals surface area (Å²) in [7, 11) is 0. The number of ether oxygens (including phenoxy) is 1. The fraction of sp³-hybridized carbons (Fsp3) is 0.350. The summed E-state index contributed by atoms with van der Waals surface area (Å²) in [5.74, 6) is 0.544. The van der Waals surface area contributed by atoms with Gasteiger partial charge in [-0.3, -0.25) is 14.9 Å². The number of furan rings is 1. The summed E-state index contributed by atoms with van der Waals surface area (Å²) in [6.07, 6.45) is 1.71. The Labute approximate surface area is 152 Å². The zero-order valence-corrected chi connectivity index (χ0v) is 15.2. The molecule has 1 aromatic carbocycles. The lowest BCUT2D eigenvalue weighted by molar-refractivity contribution is -0.116. The maximum Gasteiger partial charge on any atom is 0.226 e. The molecule has 2 aromatic rings. The van der Waals surface area contributed by atoms with Crippen LogP contribution in [0.5, 0.6) is 5.75 Å². The highest BCUT2D eigenvalue weighted by Gasteiger charge is 2.22. The van der Waals surface area contributed by atoms with Crippen LogP contribution in [0.25, 0.3) is 0 Å². The Morgan fingerprint density at radius 1 is 1.27 bits per heavy atom. The number of nitrogens with one attached hydrogen (secondary N) is 1. The van der Waals surface area contributed by atoms with E-state index in [1.807, 2.05) is 30.3 Å². The SMILES string of the molecule is CCc1ccc(OCCCC(=O)Nc2oc(C)c(C(C)=O)c2C#N)cc1. The molecule has 0 saturated carbocycles. The number of aryl methyl sites for hydroxylation is 2. The van der Waals surface area contributed by atoms with Crippen molar-refractivity contribution >= 4 is 17.6 Å². The molecule has 0 aliphatic carbocycles. The van der Waals surface area contributed by atoms with Gasteiger partial charge >= 0.3 is 0 Å². The molecule has 2 rings (SSSR count). The first-order chi connectivity index (χ1) is 12.5. The van der Waals surface area contributed by atoms with Gasteiger partial charge in [-0.1, -0.05) is 19.1 Å². The predicted octanol–water partition coefficient (Wildman–Crippen LogP) is 4.02. The summed E-state index contributed by atoms with van der Waals surface area (Å²) in [6.45, 7) is 5.44. The number of Topliss-reactive ketones (excluding diaryl/α,β-unsaturated/α-hetero) is 1. The molecule has 1 amide bonds. The van der Waals surface area contributed by atoms with E-state index in [1.165, 1.54) is 12.5 Å². The number of ketones is 1. The highest BCUT2D eigenvalue weighted by molar-refractivity contribution is 6.00. The summed E-state index contributed by atoms with van der Waals surface area (Å²) in [4.78, 5) is 23.6. The number of benzene rings is 1. The smallest absolute Gasteiger partial charge is 0.226 e. The topological polar surface area (TPSA) is 92.3 Å². The Kier molecular flexibility index (Phi) is 6.56. The van der Waals surface area contributed by atoms with Gasteiger partial charge in [-0.15, -0.1) is 0 Å². The second-order valence-electron chi connectivity index (χ2n) is 5.90. The van der Waals surface area contributed by atoms with Crippen LogP contribution < -0.4 is 10.1 Å². The van der Waals surface area contributed by atoms with E-state index < -0.39 is 0 Å². The van der Waals surface area contributed by atoms with Crippen LogP contribution >= 0.6 is 0 Å². The van der Waals surface area contributed by atoms with Crippen molar-refractivity contribution in [2.45, 2.75) is 40.0 Å². The average molecular weight is 354 g/mol. The summed E-state index contributed by atoms with van der Waals surface area (Å²) < 4.78 is 11.0. The minimum atomic E-state index is -0.296. The third-order valence-electron chi connectivity index (χ3n) is 3.95. The van der Waals surface area contributed by atoms with Gasteiger partial charge in [0.15, 0.2) is 5.78 Å². The second-order valence-corrected chi connectivity index (χ2v) is 5.90. The van der Waals surface area contributed by atoms with E-state index in [0.717, 1.165) is 12.2 Å². The van der Waals surface area contributed by atoms with Crippen molar-refractivity contribution < 1.29 is 18.7 Å². The Balaban J connectivity index is 1.85. The van der Waals surface area contributed by atoms with E-state index >= 15 is 0 Å². The minimum absolute atomic E-state index is 0.0243. The van der Waals surface area contributed by atoms with Gasteiger partial charge in [-0.25, -0.2) is 0 Å². The van der Waals surface area contributed by atoms with E-state index in [2.05, 4.69) is 12.2 Å². The van der Waals surface area contributed by atoms with Crippen molar-refractivity contribution in [2.75, 3.05) is 11.9 Å². The van der Waals surface area contributed by atoms with Gasteiger partial charge in [-0.05, 0) is 44.4 Å². The fourth-order valence-corrected chi connectivity index (χ4v) is 2.60. The highest BCUT2D eigenvalue weighted by atomic mass is 16.5. The molecule has 0 aliphatic heterocycles. The zero-order valence-electron chi connectivity index (χ0n) is 15.2. The second kappa shape index (κ2) is 8.86. The van der Waals surface area contributed by atoms with Gasteiger partial charge in [0, 0.05) is 6.42 Å². The van der Waals surface area contributed by atoms with Crippen LogP contribution in [0.3, 0.4) is 0 Å². The summed E-state index contributed by atoms with van der Waals surface area (Å²) in [6, 6.07) is 9.76. The van der Waals surface area contributed by atoms with Gasteiger partial charge in [-0.2, -0.15) is 5.26 Å². The zero-order chi connectivity index (χ0) is 19.1. The largest absolute Gasteiger partial charge is 0.494 e. The highest BCUT2D eigenvalue weighted by Crippen LogP contribution is 2.26. The van der Waals surface area contributed by atoms with Crippen LogP contribution in [0, 0.1) is 18.3 Å². The molecule has 0 aliphatic rings. The number of anilines is 1. The molecule has 6 nitrogen and oxygen atoms in total. The molecule has 136 valence electrons. The fourth-order valence-electron chi connectivity index (χ4n) is 2.60. The van der Waals surface area contributed by atoms with Crippen LogP contribution in [-0.4, -0.2) is 18.3 Å². The number of hydrogen-bond donors (Lipinski definition) is 1. The number of hydrogen-bond acceptors (Lipinski definition) is 5. The molecule has 0 bridgehead atoms. The van der Waals surface area contributed by atoms with Crippen molar-refractivity contribution in [3.8, 4) is 11.8 Å². The first-order valence-electron chi connectivity index (χ1n) is 8.52. The van der Waals surface area contributed by atoms with Crippen LogP contribution in [0.4, 0.5) is 5.88 Å². The van der Waals surface area contributed by atoms with Gasteiger partial charge in [0.1, 0.15) is 23.1 Å². The first-order valence-corrected chi connectivity index (χ1v) is 8.52. The van der Waals surface area contributed by atoms with Crippen molar-refractivity contribution in [1.82, 2.24) is 0 Å². The third kappa shape index (κ3) is 4.73. The molecular formula is C20H22N2O4. The van der Waals surface area contributed by atoms with Gasteiger partial charge in [0.25, 0.3) is 0 Å². The monoisotopic (exact) mass is 354 g/mol. The van der Waals surface area contributed by atoms with E-state index in [1.54, 1.807) is 6.92 Å². The van der Waals surface area contributed by atoms with E-state index in [-0.39, 0.29) is 35.1 Å². The van der Waals surface area contributed by atoms with Crippen LogP contribution in [-0.2, 0) is 11.2 Å². The Morgan fingerprint density at radius 3 is 2.54 bits per heavy atom. The summed E-state index contributed by atoms with van der Waals surface area (Å²) in [5.41, 5.74) is 1.51. The van der Waals surface area contributed by atoms with Crippen LogP contribution in [0.2, 0.25) is 0 Å². The lowest BCUT2D eigenvalue weighted by Crippen LogP contribution is -2.13. The van der Waals surface area contributed by atoms with Crippen molar-refractivity contribution in [3.05, 3.63) is 46.7 Å². The molecule has 0 saturated heterocycles. The standard InChI is InChI=1S/C20H22N2O4/c1-4-15-7-9-16(10-8-15)25-11-5-6-18(24)22-20-17(12-21)19(13(2)23)14(3)26-20/h7-10H,4-6,11H2,1-3H3,(H,22,24). The van der Waals surface area contributed by atoms with Crippen molar-refractivity contribution in [3.63, 3.8) is 0 Å². The lowest BCUT2D eigenvalue weighted by Gasteiger charge is -2.07. The molecule has 1 aromatic heterocycles. The van der Waals surface area contributed by atoms with Crippen molar-refractivity contribution in [1.29, 1.82) is 5.26 Å². The molecule has 0 radical (unpaired) electrons. The molecule has 0 spiro atoms. The number of rotatable bonds is 8. The number of carbonyl (C=O) groups is 2. The van der Waals surface area contributed by atoms with Gasteiger partial charge < -0.3 is 9.15 Å². The van der Waals surface area contributed by atoms with Gasteiger partial charge in [0.2, 0.25) is 11.8 Å². The number of nitriles is 1. The van der Waals surface area contributed by atoms with Crippen molar-refractivity contribution in [2.24, 2.45) is 0 Å². The number of carbonyl (C=O) groups excluding carboxylic acids is 2. The molecule has 0 unspecified atom stereocenters. The Hall–Kier alpha value is -3.07. The maximum absolute atomic E-state index is 12.0. The quantitative estimate of drug-likeness (QED) is 0.571. The lowest BCUT2D eigenvalue weighted by atomic mass is 10.1. The van der Waals surface area contributed by atoms with Crippen LogP contribution in [0.15, 0.2) is 28.7 Å². The van der Waals surface area contributed by atoms with Gasteiger partial charge in [0.05, 0.1) is 12.2 Å². The van der Waals surface area contributed by atoms with E-state index in [9.17, 15) is 14.9 Å². The molecule has 1 N–H and O–H groups in total. The normalized spacial score (nSPS) is 10.2. The Morgan fingerprint density at radius 2 is 1.96 bits per heavy atom. The number of amides is 1. The Bertz CT molecular complexity index is 829. The number of nitrogens with zero attached hydrogens (tertiary/aromatic N) is 1. The van der Waals surface area contributed by atoms with E-state index in [4.69, 9.17) is 9.15 Å². The predicted molar refractivity (Wildman–Crippen MR) is 97.3 cm³/mol. The minimum Gasteiger partial charge on any atom is -0.494 e. The molecule has 0 fully saturated rings. The molecule has 6 heteroatoms. The third-order valence-corrected chi connectivity index (χ3v) is 3.95. The first kappa shape index (κ1) is 19.3. The summed E-state index contributed by atoms with van der Waals surface area (Å²) >= 11 is 0. The van der Waals surface area contributed by atoms with Crippen LogP contribution in [0.1, 0.15) is 53.9 Å². The molecule has 26 heavy (non-hydrogen) atoms. The molecule has 1 heterocycles. The summed E-state index contributed by atoms with van der Waals surface area (Å²) in [5, 5.41) is 11.8. The van der Waals surface area contributed by atoms with E-state index in [0.29, 0.717) is 18.8 Å².